The van der Waals surface area contributed by atoms with Gasteiger partial charge in [-0.2, -0.15) is 0 Å². The summed E-state index contributed by atoms with van der Waals surface area (Å²) in [6.07, 6.45) is 0. The zero-order valence-electron chi connectivity index (χ0n) is 6.87. The summed E-state index contributed by atoms with van der Waals surface area (Å²) in [4.78, 5) is 12.5. The molecule has 1 rings (SSSR count). The van der Waals surface area contributed by atoms with Crippen molar-refractivity contribution in [3.63, 3.8) is 0 Å². The van der Waals surface area contributed by atoms with Gasteiger partial charge in [0.05, 0.1) is 13.6 Å². The predicted molar refractivity (Wildman–Crippen MR) is 40.9 cm³/mol. The number of hydrogen-bond acceptors (Lipinski definition) is 2. The Kier molecular flexibility index (Phi) is 2.12. The first-order chi connectivity index (χ1) is 5.16. The van der Waals surface area contributed by atoms with Gasteiger partial charge in [-0.1, -0.05) is 0 Å². The molecule has 1 aliphatic heterocycles. The molecule has 0 fully saturated rings. The summed E-state index contributed by atoms with van der Waals surface area (Å²) >= 11 is 0. The van der Waals surface area contributed by atoms with Crippen molar-refractivity contribution in [1.29, 1.82) is 0 Å². The molecule has 1 aliphatic rings. The topological polar surface area (TPSA) is 43.5 Å². The average molecular weight is 157 g/mol. The summed E-state index contributed by atoms with van der Waals surface area (Å²) < 4.78 is 1.77. The number of carbonyl (C=O) groups is 1. The minimum Gasteiger partial charge on any atom is -0.472 e. The Hall–Kier alpha value is -1.06. The first kappa shape index (κ1) is 8.04. The van der Waals surface area contributed by atoms with Crippen molar-refractivity contribution in [2.75, 3.05) is 26.7 Å². The molecule has 4 heteroatoms. The number of hydrogen-bond donors (Lipinski definition) is 1. The van der Waals surface area contributed by atoms with E-state index in [1.54, 1.807) is 11.6 Å². The van der Waals surface area contributed by atoms with Crippen LogP contribution in [0.25, 0.3) is 0 Å². The van der Waals surface area contributed by atoms with Crippen molar-refractivity contribution in [3.05, 3.63) is 0 Å². The molecular weight excluding hydrogens is 144 g/mol. The largest absolute Gasteiger partial charge is 0.472 e. The quantitative estimate of drug-likeness (QED) is 0.547. The summed E-state index contributed by atoms with van der Waals surface area (Å²) in [5.41, 5.74) is 0. The fraction of sp³-hybridized carbons (Fsp3) is 0.714. The maximum atomic E-state index is 10.7. The van der Waals surface area contributed by atoms with Crippen LogP contribution in [0.4, 0.5) is 0 Å². The van der Waals surface area contributed by atoms with Gasteiger partial charge in [0, 0.05) is 0 Å². The van der Waals surface area contributed by atoms with Crippen molar-refractivity contribution < 1.29 is 14.5 Å². The minimum absolute atomic E-state index is 0.424. The first-order valence-corrected chi connectivity index (χ1v) is 3.73. The van der Waals surface area contributed by atoms with E-state index >= 15 is 0 Å². The lowest BCUT2D eigenvalue weighted by Gasteiger charge is -2.05. The highest BCUT2D eigenvalue weighted by atomic mass is 16.4. The second-order valence-corrected chi connectivity index (χ2v) is 2.63. The zero-order chi connectivity index (χ0) is 8.43. The average Bonchev–Trinajstić information content (AvgIpc) is 2.30. The van der Waals surface area contributed by atoms with E-state index in [1.165, 1.54) is 0 Å². The molecule has 0 aromatic rings. The van der Waals surface area contributed by atoms with Gasteiger partial charge in [-0.05, 0) is 6.92 Å². The Morgan fingerprint density at radius 1 is 1.82 bits per heavy atom. The standard InChI is InChI=1S/C7H12N2O2/c1-3-9-5-4-8(2)6(9)7(10)11/h3-5H2,1-2H3/p+1. The molecule has 0 atom stereocenters. The third-order valence-electron chi connectivity index (χ3n) is 1.94. The van der Waals surface area contributed by atoms with E-state index in [4.69, 9.17) is 5.11 Å². The third kappa shape index (κ3) is 1.34. The SMILES string of the molecule is CCN1CC[N+](C)=C1C(=O)O. The Labute approximate surface area is 65.7 Å². The van der Waals surface area contributed by atoms with Gasteiger partial charge in [0.25, 0.3) is 0 Å². The molecule has 0 aromatic carbocycles. The number of likely N-dealkylation sites (N-methyl/N-ethyl adjacent to an activating group) is 2. The van der Waals surface area contributed by atoms with Crippen LogP contribution in [0, 0.1) is 0 Å². The van der Waals surface area contributed by atoms with Gasteiger partial charge in [0.2, 0.25) is 0 Å². The molecule has 0 unspecified atom stereocenters. The van der Waals surface area contributed by atoms with Crippen molar-refractivity contribution in [2.24, 2.45) is 0 Å². The van der Waals surface area contributed by atoms with Gasteiger partial charge in [0.1, 0.15) is 13.1 Å². The lowest BCUT2D eigenvalue weighted by atomic mass is 10.5. The number of carboxylic acids is 1. The van der Waals surface area contributed by atoms with Crippen LogP contribution in [-0.4, -0.2) is 53.1 Å². The maximum absolute atomic E-state index is 10.7. The van der Waals surface area contributed by atoms with Gasteiger partial charge < -0.3 is 5.11 Å². The van der Waals surface area contributed by atoms with Gasteiger partial charge in [0.15, 0.2) is 0 Å². The molecule has 0 bridgehead atoms. The van der Waals surface area contributed by atoms with Crippen LogP contribution in [0.2, 0.25) is 0 Å². The summed E-state index contributed by atoms with van der Waals surface area (Å²) in [7, 11) is 1.80. The van der Waals surface area contributed by atoms with E-state index in [2.05, 4.69) is 0 Å². The minimum atomic E-state index is -0.827. The van der Waals surface area contributed by atoms with E-state index in [1.807, 2.05) is 11.8 Å². The number of nitrogens with zero attached hydrogens (tertiary/aromatic N) is 2. The summed E-state index contributed by atoms with van der Waals surface area (Å²) in [5, 5.41) is 8.76. The smallest absolute Gasteiger partial charge is 0.418 e. The van der Waals surface area contributed by atoms with E-state index in [-0.39, 0.29) is 0 Å². The van der Waals surface area contributed by atoms with Crippen LogP contribution in [0.1, 0.15) is 6.92 Å². The number of carboxylic acid groups (broad SMARTS) is 1. The fourth-order valence-electron chi connectivity index (χ4n) is 1.33. The second-order valence-electron chi connectivity index (χ2n) is 2.63. The van der Waals surface area contributed by atoms with Crippen LogP contribution >= 0.6 is 0 Å². The lowest BCUT2D eigenvalue weighted by molar-refractivity contribution is -0.486. The maximum Gasteiger partial charge on any atom is 0.418 e. The molecule has 62 valence electrons. The second kappa shape index (κ2) is 2.90. The molecule has 0 saturated heterocycles. The highest BCUT2D eigenvalue weighted by molar-refractivity contribution is 6.32. The first-order valence-electron chi connectivity index (χ1n) is 3.73. The fourth-order valence-corrected chi connectivity index (χ4v) is 1.33. The van der Waals surface area contributed by atoms with E-state index in [9.17, 15) is 4.79 Å². The summed E-state index contributed by atoms with van der Waals surface area (Å²) in [6, 6.07) is 0. The molecule has 11 heavy (non-hydrogen) atoms. The molecule has 0 aliphatic carbocycles. The molecule has 0 radical (unpaired) electrons. The number of amidine groups is 1. The third-order valence-corrected chi connectivity index (χ3v) is 1.94. The van der Waals surface area contributed by atoms with Crippen LogP contribution in [0.5, 0.6) is 0 Å². The van der Waals surface area contributed by atoms with Crippen LogP contribution < -0.4 is 0 Å². The van der Waals surface area contributed by atoms with Gasteiger partial charge in [-0.3, -0.25) is 9.48 Å². The Morgan fingerprint density at radius 3 is 2.82 bits per heavy atom. The normalized spacial score (nSPS) is 17.8. The van der Waals surface area contributed by atoms with Crippen molar-refractivity contribution in [1.82, 2.24) is 4.90 Å². The molecule has 0 spiro atoms. The van der Waals surface area contributed by atoms with E-state index < -0.39 is 5.97 Å². The van der Waals surface area contributed by atoms with Crippen molar-refractivity contribution in [2.45, 2.75) is 6.92 Å². The van der Waals surface area contributed by atoms with Crippen molar-refractivity contribution in [3.8, 4) is 0 Å². The Morgan fingerprint density at radius 2 is 2.45 bits per heavy atom. The Bertz CT molecular complexity index is 210. The monoisotopic (exact) mass is 157 g/mol. The zero-order valence-corrected chi connectivity index (χ0v) is 6.87. The molecule has 0 amide bonds. The van der Waals surface area contributed by atoms with Gasteiger partial charge in [-0.25, -0.2) is 4.79 Å². The summed E-state index contributed by atoms with van der Waals surface area (Å²) in [6.45, 7) is 4.37. The molecular formula is C7H13N2O2+. The molecule has 1 N–H and O–H groups in total. The number of rotatable bonds is 2. The Balaban J connectivity index is 2.84. The molecule has 0 saturated carbocycles. The predicted octanol–water partition coefficient (Wildman–Crippen LogP) is -0.553. The van der Waals surface area contributed by atoms with E-state index in [0.29, 0.717) is 5.84 Å². The molecule has 1 heterocycles. The van der Waals surface area contributed by atoms with Crippen molar-refractivity contribution >= 4 is 11.8 Å². The van der Waals surface area contributed by atoms with E-state index in [0.717, 1.165) is 19.6 Å². The molecule has 0 aromatic heterocycles. The summed E-state index contributed by atoms with van der Waals surface area (Å²) in [5.74, 6) is -0.403. The van der Waals surface area contributed by atoms with Gasteiger partial charge in [-0.15, -0.1) is 0 Å². The van der Waals surface area contributed by atoms with Crippen LogP contribution in [0.15, 0.2) is 0 Å². The highest BCUT2D eigenvalue weighted by Crippen LogP contribution is 1.99. The van der Waals surface area contributed by atoms with Crippen LogP contribution in [-0.2, 0) is 4.79 Å². The van der Waals surface area contributed by atoms with Crippen LogP contribution in [0.3, 0.4) is 0 Å². The van der Waals surface area contributed by atoms with Gasteiger partial charge >= 0.3 is 11.8 Å². The number of aliphatic carboxylic acids is 1. The lowest BCUT2D eigenvalue weighted by Crippen LogP contribution is -2.35. The molecule has 4 nitrogen and oxygen atoms in total. The highest BCUT2D eigenvalue weighted by Gasteiger charge is 2.32.